The van der Waals surface area contributed by atoms with Gasteiger partial charge in [-0.05, 0) is 82.7 Å². The van der Waals surface area contributed by atoms with Gasteiger partial charge >= 0.3 is 6.01 Å². The Hall–Kier alpha value is -3.83. The summed E-state index contributed by atoms with van der Waals surface area (Å²) in [5, 5.41) is 14.2. The Labute approximate surface area is 297 Å². The second kappa shape index (κ2) is 11.9. The van der Waals surface area contributed by atoms with E-state index in [-0.39, 0.29) is 84.5 Å². The highest BCUT2D eigenvalue weighted by atomic mass is 35.5. The average Bonchev–Trinajstić information content (AvgIpc) is 3.99. The van der Waals surface area contributed by atoms with Gasteiger partial charge in [0.25, 0.3) is 0 Å². The molecule has 5 aliphatic rings. The lowest BCUT2D eigenvalue weighted by atomic mass is 9.97. The van der Waals surface area contributed by atoms with Crippen molar-refractivity contribution in [3.63, 3.8) is 0 Å². The summed E-state index contributed by atoms with van der Waals surface area (Å²) < 4.78 is 38.6. The smallest absolute Gasteiger partial charge is 0.319 e. The number of nitrogens with one attached hydrogen (secondary N) is 1. The Morgan fingerprint density at radius 3 is 2.62 bits per heavy atom. The molecule has 260 valence electrons. The number of nitrogen functional groups attached to an aromatic ring is 1. The number of thiophene rings is 1. The highest BCUT2D eigenvalue weighted by Gasteiger charge is 2.55. The summed E-state index contributed by atoms with van der Waals surface area (Å²) in [7, 11) is 2.06. The molecule has 2 unspecified atom stereocenters. The highest BCUT2D eigenvalue weighted by Crippen LogP contribution is 2.47. The maximum absolute atomic E-state index is 17.1. The number of carbonyl (C=O) groups excluding carboxylic acids is 1. The molecular formula is C36H37ClF2N8O2S. The van der Waals surface area contributed by atoms with Crippen LogP contribution in [0.25, 0.3) is 32.1 Å². The van der Waals surface area contributed by atoms with Crippen LogP contribution in [0.4, 0.5) is 19.6 Å². The van der Waals surface area contributed by atoms with Crippen molar-refractivity contribution in [1.29, 1.82) is 5.26 Å². The van der Waals surface area contributed by atoms with Gasteiger partial charge in [-0.15, -0.1) is 11.3 Å². The van der Waals surface area contributed by atoms with Crippen LogP contribution in [0.1, 0.15) is 51.0 Å². The molecule has 5 fully saturated rings. The van der Waals surface area contributed by atoms with Gasteiger partial charge in [0.15, 0.2) is 5.82 Å². The first-order valence-electron chi connectivity index (χ1n) is 17.4. The third-order valence-corrected chi connectivity index (χ3v) is 12.8. The van der Waals surface area contributed by atoms with E-state index in [1.807, 2.05) is 6.92 Å². The molecule has 6 atom stereocenters. The zero-order chi connectivity index (χ0) is 34.6. The van der Waals surface area contributed by atoms with Crippen LogP contribution in [0.5, 0.6) is 6.01 Å². The van der Waals surface area contributed by atoms with Crippen LogP contribution in [0, 0.1) is 28.9 Å². The number of piperazine rings is 1. The van der Waals surface area contributed by atoms with E-state index in [2.05, 4.69) is 38.1 Å². The van der Waals surface area contributed by atoms with Gasteiger partial charge in [0.2, 0.25) is 5.91 Å². The first-order valence-corrected chi connectivity index (χ1v) is 18.6. The predicted octanol–water partition coefficient (Wildman–Crippen LogP) is 5.69. The monoisotopic (exact) mass is 718 g/mol. The predicted molar refractivity (Wildman–Crippen MR) is 189 cm³/mol. The maximum Gasteiger partial charge on any atom is 0.319 e. The SMILES string of the molecule is C[C@H](Oc1nc(N2CC3CCC(C2)N3C(=O)[C@@H]2N[C@H]2C2CC2)c2cc(Cl)c(-c3ccc(F)c4sc(N)c(C#N)c34)c(F)c2n1)[C@@H]1CCCN1C. The number of rotatable bonds is 7. The number of likely N-dealkylation sites (tertiary alicyclic amines) is 1. The molecule has 0 spiro atoms. The number of likely N-dealkylation sites (N-methyl/N-ethyl adjacent to an activating group) is 1. The number of hydrogen-bond donors (Lipinski definition) is 2. The van der Waals surface area contributed by atoms with Gasteiger partial charge in [0, 0.05) is 53.6 Å². The number of hydrogen-bond acceptors (Lipinski definition) is 10. The van der Waals surface area contributed by atoms with Gasteiger partial charge in [0.1, 0.15) is 40.4 Å². The van der Waals surface area contributed by atoms with Crippen LogP contribution in [0.2, 0.25) is 5.02 Å². The minimum Gasteiger partial charge on any atom is -0.459 e. The van der Waals surface area contributed by atoms with Crippen LogP contribution in [-0.4, -0.2) is 88.7 Å². The van der Waals surface area contributed by atoms with Crippen molar-refractivity contribution >= 4 is 60.7 Å². The van der Waals surface area contributed by atoms with E-state index in [9.17, 15) is 14.4 Å². The first-order chi connectivity index (χ1) is 24.1. The molecule has 1 aliphatic carbocycles. The number of carbonyl (C=O) groups is 1. The second-order valence-electron chi connectivity index (χ2n) is 14.6. The third kappa shape index (κ3) is 5.09. The second-order valence-corrected chi connectivity index (χ2v) is 16.0. The summed E-state index contributed by atoms with van der Waals surface area (Å²) in [6.45, 7) is 4.02. The zero-order valence-corrected chi connectivity index (χ0v) is 29.3. The molecule has 4 saturated heterocycles. The normalized spacial score (nSPS) is 26.9. The van der Waals surface area contributed by atoms with E-state index >= 15 is 4.39 Å². The van der Waals surface area contributed by atoms with Crippen LogP contribution in [-0.2, 0) is 4.79 Å². The number of ether oxygens (including phenoxy) is 1. The summed E-state index contributed by atoms with van der Waals surface area (Å²) >= 11 is 7.87. The average molecular weight is 719 g/mol. The first kappa shape index (κ1) is 32.1. The van der Waals surface area contributed by atoms with E-state index in [0.717, 1.165) is 43.6 Å². The van der Waals surface area contributed by atoms with Crippen molar-refractivity contribution in [1.82, 2.24) is 25.1 Å². The Bertz CT molecular complexity index is 2110. The standard InChI is InChI=1S/C36H37ClF2N8O2S/c1-16(25-4-3-11-45(25)2)49-36-43-30-21(12-23(37)27(28(30)39)20-9-10-24(38)32-26(20)22(13-40)33(41)50-32)34(44-36)46-14-18-7-8-19(15-46)47(18)35(48)31-29(42-31)17-5-6-17/h9-10,12,16-19,25,29,31,42H,3-8,11,14-15,41H2,1-2H3/t16-,18?,19?,25-,29-,31+/m0/s1. The molecule has 50 heavy (non-hydrogen) atoms. The molecule has 10 nitrogen and oxygen atoms in total. The molecule has 2 aromatic heterocycles. The minimum absolute atomic E-state index is 0.00416. The lowest BCUT2D eigenvalue weighted by molar-refractivity contribution is -0.134. The van der Waals surface area contributed by atoms with Gasteiger partial charge < -0.3 is 20.3 Å². The van der Waals surface area contributed by atoms with Crippen molar-refractivity contribution < 1.29 is 18.3 Å². The summed E-state index contributed by atoms with van der Waals surface area (Å²) in [6, 6.07) is 6.80. The molecule has 1 saturated carbocycles. The topological polar surface area (TPSA) is 134 Å². The Kier molecular flexibility index (Phi) is 7.62. The number of benzene rings is 2. The Morgan fingerprint density at radius 2 is 1.94 bits per heavy atom. The van der Waals surface area contributed by atoms with Crippen LogP contribution in [0.3, 0.4) is 0 Å². The van der Waals surface area contributed by atoms with Gasteiger partial charge in [0.05, 0.1) is 15.3 Å². The summed E-state index contributed by atoms with van der Waals surface area (Å²) in [5.74, 6) is 0.0270. The third-order valence-electron chi connectivity index (χ3n) is 11.5. The molecule has 3 N–H and O–H groups in total. The molecule has 4 aromatic rings. The van der Waals surface area contributed by atoms with E-state index in [0.29, 0.717) is 36.3 Å². The number of halogens is 3. The van der Waals surface area contributed by atoms with Crippen molar-refractivity contribution in [2.45, 2.75) is 81.8 Å². The summed E-state index contributed by atoms with van der Waals surface area (Å²) in [6.07, 6.45) is 5.92. The largest absolute Gasteiger partial charge is 0.459 e. The number of nitrogens with zero attached hydrogens (tertiary/aromatic N) is 6. The van der Waals surface area contributed by atoms with Crippen LogP contribution >= 0.6 is 22.9 Å². The number of aromatic nitrogens is 2. The van der Waals surface area contributed by atoms with Gasteiger partial charge in [-0.25, -0.2) is 8.78 Å². The molecule has 14 heteroatoms. The highest BCUT2D eigenvalue weighted by molar-refractivity contribution is 7.23. The van der Waals surface area contributed by atoms with Gasteiger partial charge in [-0.1, -0.05) is 17.7 Å². The van der Waals surface area contributed by atoms with E-state index in [4.69, 9.17) is 27.1 Å². The Morgan fingerprint density at radius 1 is 1.18 bits per heavy atom. The summed E-state index contributed by atoms with van der Waals surface area (Å²) in [5.41, 5.74) is 6.44. The van der Waals surface area contributed by atoms with E-state index < -0.39 is 11.6 Å². The molecular weight excluding hydrogens is 682 g/mol. The lowest BCUT2D eigenvalue weighted by Gasteiger charge is -2.42. The molecule has 4 aliphatic heterocycles. The fourth-order valence-corrected chi connectivity index (χ4v) is 10.1. The zero-order valence-electron chi connectivity index (χ0n) is 27.8. The van der Waals surface area contributed by atoms with Crippen LogP contribution < -0.4 is 20.7 Å². The maximum atomic E-state index is 17.1. The van der Waals surface area contributed by atoms with Crippen molar-refractivity contribution in [2.24, 2.45) is 5.92 Å². The number of anilines is 2. The van der Waals surface area contributed by atoms with E-state index in [1.54, 1.807) is 6.07 Å². The number of fused-ring (bicyclic) bond motifs is 4. The molecule has 9 rings (SSSR count). The molecule has 2 aromatic carbocycles. The van der Waals surface area contributed by atoms with Crippen molar-refractivity contribution in [2.75, 3.05) is 37.3 Å². The van der Waals surface area contributed by atoms with Crippen molar-refractivity contribution in [3.05, 3.63) is 40.4 Å². The minimum atomic E-state index is -0.726. The van der Waals surface area contributed by atoms with Crippen LogP contribution in [0.15, 0.2) is 18.2 Å². The summed E-state index contributed by atoms with van der Waals surface area (Å²) in [4.78, 5) is 29.7. The van der Waals surface area contributed by atoms with Gasteiger partial charge in [-0.3, -0.25) is 15.0 Å². The molecule has 2 bridgehead atoms. The van der Waals surface area contributed by atoms with Gasteiger partial charge in [-0.2, -0.15) is 15.2 Å². The fraction of sp³-hybridized carbons (Fsp3) is 0.500. The number of amides is 1. The number of nitrogens with two attached hydrogens (primary N) is 1. The Balaban J connectivity index is 1.14. The fourth-order valence-electron chi connectivity index (χ4n) is 8.82. The van der Waals surface area contributed by atoms with E-state index in [1.165, 1.54) is 25.0 Å². The molecule has 0 radical (unpaired) electrons. The molecule has 6 heterocycles. The molecule has 1 amide bonds. The quantitative estimate of drug-likeness (QED) is 0.231. The number of nitriles is 1. The lowest BCUT2D eigenvalue weighted by Crippen LogP contribution is -2.57. The van der Waals surface area contributed by atoms with Crippen molar-refractivity contribution in [3.8, 4) is 23.2 Å².